The highest BCUT2D eigenvalue weighted by Gasteiger charge is 2.43. The minimum absolute atomic E-state index is 0.0202. The topological polar surface area (TPSA) is 73.6 Å². The number of fused-ring (bicyclic) bond motifs is 2. The van der Waals surface area contributed by atoms with Gasteiger partial charge in [0.25, 0.3) is 0 Å². The van der Waals surface area contributed by atoms with E-state index in [1.807, 2.05) is 47.4 Å². The zero-order chi connectivity index (χ0) is 20.4. The second-order valence-electron chi connectivity index (χ2n) is 7.97. The lowest BCUT2D eigenvalue weighted by molar-refractivity contribution is -0.127. The predicted octanol–water partition coefficient (Wildman–Crippen LogP) is 2.47. The van der Waals surface area contributed by atoms with Crippen LogP contribution in [0.15, 0.2) is 48.5 Å². The van der Waals surface area contributed by atoms with Crippen LogP contribution in [0.3, 0.4) is 0 Å². The summed E-state index contributed by atoms with van der Waals surface area (Å²) in [5.41, 5.74) is 3.82. The van der Waals surface area contributed by atoms with Crippen LogP contribution < -0.4 is 10.2 Å². The summed E-state index contributed by atoms with van der Waals surface area (Å²) >= 11 is 0. The van der Waals surface area contributed by atoms with Crippen molar-refractivity contribution < 1.29 is 14.6 Å². The molecule has 0 aliphatic carbocycles. The van der Waals surface area contributed by atoms with Crippen LogP contribution in [0.2, 0.25) is 6.82 Å². The first-order valence-electron chi connectivity index (χ1n) is 10.0. The van der Waals surface area contributed by atoms with Crippen LogP contribution in [0.5, 0.6) is 5.75 Å². The van der Waals surface area contributed by atoms with Crippen molar-refractivity contribution in [1.82, 2.24) is 4.90 Å². The SMILES string of the molecule is CB(O)c1ccc(/C=C/C(=O)N2CCC3(CC2)COc2ccc(C=N)cc23)cc1. The van der Waals surface area contributed by atoms with Crippen LogP contribution in [0, 0.1) is 5.41 Å². The van der Waals surface area contributed by atoms with E-state index in [0.717, 1.165) is 35.2 Å². The Bertz CT molecular complexity index is 945. The smallest absolute Gasteiger partial charge is 0.320 e. The second kappa shape index (κ2) is 7.87. The van der Waals surface area contributed by atoms with Gasteiger partial charge in [-0.1, -0.05) is 31.1 Å². The summed E-state index contributed by atoms with van der Waals surface area (Å²) in [4.78, 5) is 14.5. The van der Waals surface area contributed by atoms with Crippen LogP contribution in [-0.4, -0.2) is 48.7 Å². The van der Waals surface area contributed by atoms with Crippen LogP contribution in [0.1, 0.15) is 29.5 Å². The maximum absolute atomic E-state index is 12.6. The quantitative estimate of drug-likeness (QED) is 0.480. The number of nitrogens with one attached hydrogen (secondary N) is 1. The first-order chi connectivity index (χ1) is 14.0. The molecule has 29 heavy (non-hydrogen) atoms. The number of hydrogen-bond donors (Lipinski definition) is 2. The molecule has 1 saturated heterocycles. The molecule has 0 atom stereocenters. The number of amides is 1. The molecule has 0 unspecified atom stereocenters. The van der Waals surface area contributed by atoms with Gasteiger partial charge in [0.1, 0.15) is 5.75 Å². The number of hydrogen-bond acceptors (Lipinski definition) is 4. The van der Waals surface area contributed by atoms with E-state index in [9.17, 15) is 9.82 Å². The van der Waals surface area contributed by atoms with E-state index in [0.29, 0.717) is 19.7 Å². The molecular weight excluding hydrogens is 363 g/mol. The lowest BCUT2D eigenvalue weighted by Crippen LogP contribution is -2.45. The summed E-state index contributed by atoms with van der Waals surface area (Å²) in [5.74, 6) is 0.933. The normalized spacial score (nSPS) is 17.2. The van der Waals surface area contributed by atoms with Gasteiger partial charge in [-0.25, -0.2) is 0 Å². The summed E-state index contributed by atoms with van der Waals surface area (Å²) in [6.07, 6.45) is 6.54. The van der Waals surface area contributed by atoms with E-state index in [-0.39, 0.29) is 11.3 Å². The lowest BCUT2D eigenvalue weighted by atomic mass is 9.64. The standard InChI is InChI=1S/C23H25BN2O3/c1-24(28)19-6-2-17(3-7-19)5-9-22(27)26-12-10-23(11-13-26)16-29-21-8-4-18(15-25)14-20(21)23/h2-9,14-15,25,28H,10-13,16H2,1H3/b9-5+,25-15?. The van der Waals surface area contributed by atoms with E-state index < -0.39 is 6.92 Å². The molecule has 2 N–H and O–H groups in total. The molecule has 4 rings (SSSR count). The first-order valence-corrected chi connectivity index (χ1v) is 10.0. The van der Waals surface area contributed by atoms with Crippen molar-refractivity contribution in [1.29, 1.82) is 5.41 Å². The lowest BCUT2D eigenvalue weighted by Gasteiger charge is -2.38. The molecule has 1 fully saturated rings. The molecule has 0 saturated carbocycles. The molecule has 0 bridgehead atoms. The number of likely N-dealkylation sites (tertiary alicyclic amines) is 1. The third kappa shape index (κ3) is 3.85. The molecule has 1 amide bonds. The van der Waals surface area contributed by atoms with Gasteiger partial charge >= 0.3 is 6.92 Å². The van der Waals surface area contributed by atoms with Gasteiger partial charge in [-0.3, -0.25) is 4.79 Å². The first kappa shape index (κ1) is 19.5. The van der Waals surface area contributed by atoms with Crippen molar-refractivity contribution in [2.45, 2.75) is 25.1 Å². The van der Waals surface area contributed by atoms with Crippen LogP contribution in [-0.2, 0) is 10.2 Å². The Morgan fingerprint density at radius 2 is 1.86 bits per heavy atom. The van der Waals surface area contributed by atoms with Gasteiger partial charge in [-0.2, -0.15) is 0 Å². The molecule has 0 aromatic heterocycles. The van der Waals surface area contributed by atoms with Crippen molar-refractivity contribution in [3.05, 3.63) is 65.2 Å². The number of ether oxygens (including phenoxy) is 1. The summed E-state index contributed by atoms with van der Waals surface area (Å²) in [5, 5.41) is 17.1. The number of rotatable bonds is 4. The monoisotopic (exact) mass is 388 g/mol. The third-order valence-electron chi connectivity index (χ3n) is 6.12. The minimum atomic E-state index is -0.491. The van der Waals surface area contributed by atoms with Crippen molar-refractivity contribution >= 4 is 30.6 Å². The second-order valence-corrected chi connectivity index (χ2v) is 7.97. The van der Waals surface area contributed by atoms with E-state index >= 15 is 0 Å². The van der Waals surface area contributed by atoms with Gasteiger partial charge in [0.05, 0.1) is 6.61 Å². The molecule has 0 radical (unpaired) electrons. The van der Waals surface area contributed by atoms with E-state index in [1.165, 1.54) is 11.8 Å². The summed E-state index contributed by atoms with van der Waals surface area (Å²) < 4.78 is 5.91. The van der Waals surface area contributed by atoms with Crippen LogP contribution in [0.25, 0.3) is 6.08 Å². The maximum atomic E-state index is 12.6. The molecular formula is C23H25BN2O3. The Kier molecular flexibility index (Phi) is 5.28. The summed E-state index contributed by atoms with van der Waals surface area (Å²) in [6, 6.07) is 13.5. The Hall–Kier alpha value is -2.86. The maximum Gasteiger partial charge on any atom is 0.320 e. The number of piperidine rings is 1. The molecule has 2 aromatic carbocycles. The highest BCUT2D eigenvalue weighted by molar-refractivity contribution is 6.64. The Labute approximate surface area is 171 Å². The van der Waals surface area contributed by atoms with Crippen LogP contribution in [0.4, 0.5) is 0 Å². The van der Waals surface area contributed by atoms with Crippen molar-refractivity contribution in [2.24, 2.45) is 0 Å². The number of benzene rings is 2. The molecule has 2 aliphatic heterocycles. The Morgan fingerprint density at radius 1 is 1.17 bits per heavy atom. The fourth-order valence-corrected chi connectivity index (χ4v) is 4.20. The van der Waals surface area contributed by atoms with Gasteiger partial charge in [0.15, 0.2) is 0 Å². The molecule has 148 valence electrons. The van der Waals surface area contributed by atoms with Gasteiger partial charge in [0, 0.05) is 36.4 Å². The van der Waals surface area contributed by atoms with Crippen LogP contribution >= 0.6 is 0 Å². The third-order valence-corrected chi connectivity index (χ3v) is 6.12. The minimum Gasteiger partial charge on any atom is -0.492 e. The number of nitrogens with zero attached hydrogens (tertiary/aromatic N) is 1. The van der Waals surface area contributed by atoms with Gasteiger partial charge in [-0.05, 0) is 53.7 Å². The Balaban J connectivity index is 1.40. The van der Waals surface area contributed by atoms with Crippen molar-refractivity contribution in [3.8, 4) is 5.75 Å². The van der Waals surface area contributed by atoms with Gasteiger partial charge < -0.3 is 20.1 Å². The largest absolute Gasteiger partial charge is 0.492 e. The molecule has 1 spiro atoms. The summed E-state index contributed by atoms with van der Waals surface area (Å²) in [7, 11) is 0. The zero-order valence-electron chi connectivity index (χ0n) is 16.6. The fraction of sp³-hybridized carbons (Fsp3) is 0.304. The Morgan fingerprint density at radius 3 is 2.52 bits per heavy atom. The molecule has 2 aromatic rings. The van der Waals surface area contributed by atoms with E-state index in [4.69, 9.17) is 10.1 Å². The predicted molar refractivity (Wildman–Crippen MR) is 116 cm³/mol. The molecule has 5 nitrogen and oxygen atoms in total. The number of carbonyl (C=O) groups excluding carboxylic acids is 1. The molecule has 6 heteroatoms. The van der Waals surface area contributed by atoms with Crippen molar-refractivity contribution in [3.63, 3.8) is 0 Å². The highest BCUT2D eigenvalue weighted by atomic mass is 16.5. The van der Waals surface area contributed by atoms with E-state index in [2.05, 4.69) is 6.07 Å². The number of carbonyl (C=O) groups is 1. The average Bonchev–Trinajstić information content (AvgIpc) is 3.10. The summed E-state index contributed by atoms with van der Waals surface area (Å²) in [6.45, 7) is 3.29. The van der Waals surface area contributed by atoms with Gasteiger partial charge in [0.2, 0.25) is 5.91 Å². The average molecular weight is 388 g/mol. The zero-order valence-corrected chi connectivity index (χ0v) is 16.6. The highest BCUT2D eigenvalue weighted by Crippen LogP contribution is 2.45. The van der Waals surface area contributed by atoms with Crippen molar-refractivity contribution in [2.75, 3.05) is 19.7 Å². The van der Waals surface area contributed by atoms with Gasteiger partial charge in [-0.15, -0.1) is 0 Å². The molecule has 2 heterocycles. The fourth-order valence-electron chi connectivity index (χ4n) is 4.20. The molecule has 2 aliphatic rings. The van der Waals surface area contributed by atoms with E-state index in [1.54, 1.807) is 12.9 Å².